The second kappa shape index (κ2) is 4.25. The van der Waals surface area contributed by atoms with Crippen LogP contribution in [0.15, 0.2) is 22.7 Å². The molecule has 0 fully saturated rings. The molecule has 13 heavy (non-hydrogen) atoms. The molecule has 0 unspecified atom stereocenters. The Morgan fingerprint density at radius 3 is 2.77 bits per heavy atom. The van der Waals surface area contributed by atoms with Gasteiger partial charge in [-0.25, -0.2) is 0 Å². The Balaban J connectivity index is 3.20. The summed E-state index contributed by atoms with van der Waals surface area (Å²) in [6.45, 7) is 1.76. The van der Waals surface area contributed by atoms with Gasteiger partial charge in [0.2, 0.25) is 0 Å². The standard InChI is InChI=1S/C9H11BrINO/c1-9(12,5-13)7-4-6(10)2-3-8(7)11/h2-4,13H,5,12H2,1H3/t9-/m1/s1. The zero-order valence-corrected chi connectivity index (χ0v) is 11.0. The quantitative estimate of drug-likeness (QED) is 0.799. The lowest BCUT2D eigenvalue weighted by atomic mass is 9.94. The van der Waals surface area contributed by atoms with E-state index in [0.29, 0.717) is 0 Å². The largest absolute Gasteiger partial charge is 0.394 e. The van der Waals surface area contributed by atoms with Gasteiger partial charge in [0.05, 0.1) is 12.1 Å². The molecule has 3 N–H and O–H groups in total. The normalized spacial score (nSPS) is 15.5. The van der Waals surface area contributed by atoms with E-state index in [1.807, 2.05) is 25.1 Å². The lowest BCUT2D eigenvalue weighted by Crippen LogP contribution is -2.37. The summed E-state index contributed by atoms with van der Waals surface area (Å²) in [7, 11) is 0. The average molecular weight is 356 g/mol. The Hall–Kier alpha value is 0.350. The monoisotopic (exact) mass is 355 g/mol. The molecular formula is C9H11BrINO. The summed E-state index contributed by atoms with van der Waals surface area (Å²) in [5, 5.41) is 9.12. The number of aliphatic hydroxyl groups is 1. The Morgan fingerprint density at radius 1 is 1.62 bits per heavy atom. The third-order valence-electron chi connectivity index (χ3n) is 1.87. The van der Waals surface area contributed by atoms with E-state index in [2.05, 4.69) is 38.5 Å². The first-order chi connectivity index (χ1) is 5.97. The third kappa shape index (κ3) is 2.65. The molecule has 0 heterocycles. The smallest absolute Gasteiger partial charge is 0.0650 e. The lowest BCUT2D eigenvalue weighted by Gasteiger charge is -2.23. The molecule has 1 atom stereocenters. The summed E-state index contributed by atoms with van der Waals surface area (Å²) in [6, 6.07) is 5.87. The van der Waals surface area contributed by atoms with E-state index < -0.39 is 5.54 Å². The van der Waals surface area contributed by atoms with Crippen LogP contribution < -0.4 is 5.73 Å². The number of hydrogen-bond donors (Lipinski definition) is 2. The number of benzene rings is 1. The molecule has 0 aliphatic heterocycles. The van der Waals surface area contributed by atoms with Crippen molar-refractivity contribution in [2.75, 3.05) is 6.61 Å². The number of halogens is 2. The fraction of sp³-hybridized carbons (Fsp3) is 0.333. The maximum atomic E-state index is 9.12. The first-order valence-electron chi connectivity index (χ1n) is 3.82. The molecule has 0 saturated carbocycles. The molecule has 0 radical (unpaired) electrons. The molecular weight excluding hydrogens is 345 g/mol. The van der Waals surface area contributed by atoms with E-state index in [1.54, 1.807) is 0 Å². The Morgan fingerprint density at radius 2 is 2.23 bits per heavy atom. The zero-order valence-electron chi connectivity index (χ0n) is 7.22. The van der Waals surface area contributed by atoms with Gasteiger partial charge in [0.25, 0.3) is 0 Å². The Kier molecular flexibility index (Phi) is 3.73. The van der Waals surface area contributed by atoms with Gasteiger partial charge in [0.15, 0.2) is 0 Å². The molecule has 4 heteroatoms. The molecule has 0 aliphatic carbocycles. The molecule has 72 valence electrons. The number of nitrogens with two attached hydrogens (primary N) is 1. The van der Waals surface area contributed by atoms with E-state index in [9.17, 15) is 0 Å². The maximum absolute atomic E-state index is 9.12. The lowest BCUT2D eigenvalue weighted by molar-refractivity contribution is 0.209. The predicted octanol–water partition coefficient (Wildman–Crippen LogP) is 2.22. The van der Waals surface area contributed by atoms with Crippen LogP contribution in [-0.2, 0) is 5.54 Å². The van der Waals surface area contributed by atoms with Gasteiger partial charge in [-0.2, -0.15) is 0 Å². The van der Waals surface area contributed by atoms with Gasteiger partial charge in [0.1, 0.15) is 0 Å². The summed E-state index contributed by atoms with van der Waals surface area (Å²) >= 11 is 5.59. The minimum absolute atomic E-state index is 0.0561. The van der Waals surface area contributed by atoms with E-state index in [4.69, 9.17) is 10.8 Å². The van der Waals surface area contributed by atoms with E-state index >= 15 is 0 Å². The third-order valence-corrected chi connectivity index (χ3v) is 3.31. The summed E-state index contributed by atoms with van der Waals surface area (Å²) in [5.41, 5.74) is 6.23. The van der Waals surface area contributed by atoms with Crippen LogP contribution in [0.3, 0.4) is 0 Å². The van der Waals surface area contributed by atoms with E-state index in [-0.39, 0.29) is 6.61 Å². The van der Waals surface area contributed by atoms with Crippen LogP contribution in [0.4, 0.5) is 0 Å². The molecule has 0 amide bonds. The van der Waals surface area contributed by atoms with Crippen LogP contribution >= 0.6 is 38.5 Å². The van der Waals surface area contributed by atoms with Gasteiger partial charge in [-0.05, 0) is 53.3 Å². The van der Waals surface area contributed by atoms with Crippen molar-refractivity contribution in [3.63, 3.8) is 0 Å². The first-order valence-corrected chi connectivity index (χ1v) is 5.70. The first kappa shape index (κ1) is 11.4. The van der Waals surface area contributed by atoms with Crippen molar-refractivity contribution < 1.29 is 5.11 Å². The zero-order chi connectivity index (χ0) is 10.1. The van der Waals surface area contributed by atoms with Crippen LogP contribution in [0, 0.1) is 3.57 Å². The molecule has 1 aromatic rings. The SMILES string of the molecule is C[C@@](N)(CO)c1cc(Br)ccc1I. The van der Waals surface area contributed by atoms with Crippen molar-refractivity contribution in [2.45, 2.75) is 12.5 Å². The molecule has 0 aliphatic rings. The van der Waals surface area contributed by atoms with Crippen molar-refractivity contribution in [1.82, 2.24) is 0 Å². The Bertz CT molecular complexity index is 314. The van der Waals surface area contributed by atoms with Crippen LogP contribution in [0.25, 0.3) is 0 Å². The van der Waals surface area contributed by atoms with Gasteiger partial charge >= 0.3 is 0 Å². The fourth-order valence-corrected chi connectivity index (χ4v) is 2.33. The van der Waals surface area contributed by atoms with Gasteiger partial charge in [-0.3, -0.25) is 0 Å². The number of aliphatic hydroxyl groups excluding tert-OH is 1. The number of hydrogen-bond acceptors (Lipinski definition) is 2. The van der Waals surface area contributed by atoms with Crippen molar-refractivity contribution in [3.8, 4) is 0 Å². The molecule has 1 aromatic carbocycles. The van der Waals surface area contributed by atoms with E-state index in [1.165, 1.54) is 0 Å². The second-order valence-electron chi connectivity index (χ2n) is 3.20. The van der Waals surface area contributed by atoms with Gasteiger partial charge < -0.3 is 10.8 Å². The molecule has 0 saturated heterocycles. The molecule has 1 rings (SSSR count). The molecule has 0 aromatic heterocycles. The summed E-state index contributed by atoms with van der Waals surface area (Å²) in [6.07, 6.45) is 0. The molecule has 2 nitrogen and oxygen atoms in total. The average Bonchev–Trinajstić information content (AvgIpc) is 2.09. The van der Waals surface area contributed by atoms with Crippen LogP contribution in [-0.4, -0.2) is 11.7 Å². The van der Waals surface area contributed by atoms with Gasteiger partial charge in [-0.1, -0.05) is 15.9 Å². The maximum Gasteiger partial charge on any atom is 0.0650 e. The number of rotatable bonds is 2. The highest BCUT2D eigenvalue weighted by atomic mass is 127. The van der Waals surface area contributed by atoms with Crippen molar-refractivity contribution >= 4 is 38.5 Å². The molecule has 0 bridgehead atoms. The fourth-order valence-electron chi connectivity index (χ4n) is 1.02. The summed E-state index contributed by atoms with van der Waals surface area (Å²) < 4.78 is 2.05. The van der Waals surface area contributed by atoms with Gasteiger partial charge in [0, 0.05) is 8.04 Å². The van der Waals surface area contributed by atoms with E-state index in [0.717, 1.165) is 13.6 Å². The van der Waals surface area contributed by atoms with Crippen LogP contribution in [0.2, 0.25) is 0 Å². The van der Waals surface area contributed by atoms with Crippen LogP contribution in [0.1, 0.15) is 12.5 Å². The van der Waals surface area contributed by atoms with Gasteiger partial charge in [-0.15, -0.1) is 0 Å². The van der Waals surface area contributed by atoms with Crippen molar-refractivity contribution in [1.29, 1.82) is 0 Å². The topological polar surface area (TPSA) is 46.2 Å². The minimum Gasteiger partial charge on any atom is -0.394 e. The summed E-state index contributed by atoms with van der Waals surface area (Å²) in [4.78, 5) is 0. The Labute approximate surface area is 99.8 Å². The highest BCUT2D eigenvalue weighted by Crippen LogP contribution is 2.26. The minimum atomic E-state index is -0.666. The molecule has 0 spiro atoms. The second-order valence-corrected chi connectivity index (χ2v) is 5.28. The van der Waals surface area contributed by atoms with Crippen molar-refractivity contribution in [3.05, 3.63) is 31.8 Å². The highest BCUT2D eigenvalue weighted by molar-refractivity contribution is 14.1. The van der Waals surface area contributed by atoms with Crippen LogP contribution in [0.5, 0.6) is 0 Å². The highest BCUT2D eigenvalue weighted by Gasteiger charge is 2.22. The summed E-state index contributed by atoms with van der Waals surface area (Å²) in [5.74, 6) is 0. The predicted molar refractivity (Wildman–Crippen MR) is 65.5 cm³/mol. The van der Waals surface area contributed by atoms with Crippen molar-refractivity contribution in [2.24, 2.45) is 5.73 Å².